The van der Waals surface area contributed by atoms with Crippen molar-refractivity contribution >= 4 is 17.6 Å². The molecule has 1 N–H and O–H groups in total. The molecule has 0 unspecified atom stereocenters. The molecule has 0 bridgehead atoms. The molecular weight excluding hydrogens is 316 g/mol. The minimum absolute atomic E-state index is 0.341. The number of carbonyl (C=O) groups is 1. The fourth-order valence-electron chi connectivity index (χ4n) is 2.96. The molecular formula is C16H19ClN4O2. The third-order valence-electron chi connectivity index (χ3n) is 4.27. The second-order valence-corrected chi connectivity index (χ2v) is 6.13. The number of halogens is 1. The number of hydrogen-bond acceptors (Lipinski definition) is 5. The molecule has 7 heteroatoms. The van der Waals surface area contributed by atoms with Crippen molar-refractivity contribution in [1.82, 2.24) is 20.1 Å². The molecule has 0 atom stereocenters. The van der Waals surface area contributed by atoms with E-state index in [1.165, 1.54) is 7.11 Å². The first kappa shape index (κ1) is 16.0. The minimum Gasteiger partial charge on any atom is -0.465 e. The van der Waals surface area contributed by atoms with Crippen LogP contribution in [0.2, 0.25) is 5.02 Å². The highest BCUT2D eigenvalue weighted by Crippen LogP contribution is 2.27. The zero-order valence-corrected chi connectivity index (χ0v) is 13.7. The molecule has 2 aromatic rings. The van der Waals surface area contributed by atoms with Crippen molar-refractivity contribution in [1.29, 1.82) is 0 Å². The van der Waals surface area contributed by atoms with Crippen LogP contribution in [-0.2, 0) is 11.3 Å². The van der Waals surface area contributed by atoms with E-state index in [4.69, 9.17) is 16.3 Å². The Bertz CT molecular complexity index is 667. The van der Waals surface area contributed by atoms with Gasteiger partial charge in [-0.1, -0.05) is 11.6 Å². The number of esters is 1. The Morgan fingerprint density at radius 3 is 2.87 bits per heavy atom. The smallest absolute Gasteiger partial charge is 0.337 e. The van der Waals surface area contributed by atoms with Crippen molar-refractivity contribution in [2.75, 3.05) is 20.2 Å². The molecule has 1 aliphatic rings. The van der Waals surface area contributed by atoms with Crippen LogP contribution in [0.15, 0.2) is 24.5 Å². The van der Waals surface area contributed by atoms with Crippen LogP contribution in [0.3, 0.4) is 0 Å². The predicted molar refractivity (Wildman–Crippen MR) is 86.4 cm³/mol. The van der Waals surface area contributed by atoms with Gasteiger partial charge in [-0.05, 0) is 49.7 Å². The molecule has 0 radical (unpaired) electrons. The highest BCUT2D eigenvalue weighted by atomic mass is 35.5. The maximum absolute atomic E-state index is 11.6. The van der Waals surface area contributed by atoms with Crippen LogP contribution in [0.5, 0.6) is 0 Å². The number of methoxy groups -OCH3 is 1. The molecule has 6 nitrogen and oxygen atoms in total. The second-order valence-electron chi connectivity index (χ2n) is 5.72. The van der Waals surface area contributed by atoms with E-state index in [-0.39, 0.29) is 5.97 Å². The normalized spacial score (nSPS) is 16.4. The second kappa shape index (κ2) is 7.10. The number of piperidine rings is 1. The number of hydrogen-bond donors (Lipinski definition) is 1. The zero-order chi connectivity index (χ0) is 16.2. The summed E-state index contributed by atoms with van der Waals surface area (Å²) >= 11 is 6.27. The molecule has 1 aromatic carbocycles. The van der Waals surface area contributed by atoms with Gasteiger partial charge in [0.1, 0.15) is 12.2 Å². The molecule has 122 valence electrons. The molecule has 0 amide bonds. The fraction of sp³-hybridized carbons (Fsp3) is 0.438. The lowest BCUT2D eigenvalue weighted by Crippen LogP contribution is -2.33. The first-order valence-corrected chi connectivity index (χ1v) is 7.99. The Labute approximate surface area is 139 Å². The van der Waals surface area contributed by atoms with Crippen LogP contribution in [0.1, 0.15) is 40.5 Å². The standard InChI is InChI=1S/C16H19ClN4O2/c1-23-16(22)12-2-3-14(17)13(8-12)9-21-6-4-11(5-7-21)15-18-10-19-20-15/h2-3,8,10-11H,4-7,9H2,1H3,(H,18,19,20). The van der Waals surface area contributed by atoms with Crippen LogP contribution in [0.4, 0.5) is 0 Å². The predicted octanol–water partition coefficient (Wildman–Crippen LogP) is 2.62. The van der Waals surface area contributed by atoms with Crippen LogP contribution in [0.25, 0.3) is 0 Å². The number of rotatable bonds is 4. The quantitative estimate of drug-likeness (QED) is 0.870. The number of nitrogens with one attached hydrogen (secondary N) is 1. The van der Waals surface area contributed by atoms with Gasteiger partial charge in [0.15, 0.2) is 0 Å². The lowest BCUT2D eigenvalue weighted by molar-refractivity contribution is 0.0600. The lowest BCUT2D eigenvalue weighted by Gasteiger charge is -2.31. The van der Waals surface area contributed by atoms with Gasteiger partial charge in [-0.3, -0.25) is 10.00 Å². The first-order chi connectivity index (χ1) is 11.2. The summed E-state index contributed by atoms with van der Waals surface area (Å²) in [6.45, 7) is 2.65. The summed E-state index contributed by atoms with van der Waals surface area (Å²) in [5.74, 6) is 1.06. The average molecular weight is 335 g/mol. The number of likely N-dealkylation sites (tertiary alicyclic amines) is 1. The van der Waals surface area contributed by atoms with Crippen LogP contribution < -0.4 is 0 Å². The van der Waals surface area contributed by atoms with Gasteiger partial charge in [0, 0.05) is 17.5 Å². The number of aromatic nitrogens is 3. The van der Waals surface area contributed by atoms with Gasteiger partial charge in [-0.25, -0.2) is 9.78 Å². The fourth-order valence-corrected chi connectivity index (χ4v) is 3.14. The zero-order valence-electron chi connectivity index (χ0n) is 13.0. The van der Waals surface area contributed by atoms with E-state index in [1.54, 1.807) is 18.5 Å². The Kier molecular flexibility index (Phi) is 4.93. The highest BCUT2D eigenvalue weighted by Gasteiger charge is 2.23. The van der Waals surface area contributed by atoms with E-state index in [1.807, 2.05) is 6.07 Å². The van der Waals surface area contributed by atoms with Crippen molar-refractivity contribution in [3.63, 3.8) is 0 Å². The van der Waals surface area contributed by atoms with Gasteiger partial charge in [0.05, 0.1) is 12.7 Å². The summed E-state index contributed by atoms with van der Waals surface area (Å²) in [6, 6.07) is 5.26. The van der Waals surface area contributed by atoms with Crippen LogP contribution >= 0.6 is 11.6 Å². The third kappa shape index (κ3) is 3.71. The van der Waals surface area contributed by atoms with Crippen LogP contribution in [-0.4, -0.2) is 46.2 Å². The number of ether oxygens (including phenoxy) is 1. The van der Waals surface area contributed by atoms with Gasteiger partial charge >= 0.3 is 5.97 Å². The number of benzene rings is 1. The lowest BCUT2D eigenvalue weighted by atomic mass is 9.96. The molecule has 1 aliphatic heterocycles. The van der Waals surface area contributed by atoms with E-state index in [0.717, 1.165) is 43.9 Å². The molecule has 23 heavy (non-hydrogen) atoms. The van der Waals surface area contributed by atoms with E-state index >= 15 is 0 Å². The van der Waals surface area contributed by atoms with E-state index in [9.17, 15) is 4.79 Å². The SMILES string of the molecule is COC(=O)c1ccc(Cl)c(CN2CCC(c3ncn[nH]3)CC2)c1. The van der Waals surface area contributed by atoms with Gasteiger partial charge in [0.2, 0.25) is 0 Å². The number of aromatic amines is 1. The molecule has 1 fully saturated rings. The molecule has 0 spiro atoms. The molecule has 0 saturated carbocycles. The number of H-pyrrole nitrogens is 1. The van der Waals surface area contributed by atoms with Crippen molar-refractivity contribution in [2.45, 2.75) is 25.3 Å². The summed E-state index contributed by atoms with van der Waals surface area (Å²) < 4.78 is 4.76. The maximum Gasteiger partial charge on any atom is 0.337 e. The first-order valence-electron chi connectivity index (χ1n) is 7.61. The van der Waals surface area contributed by atoms with Crippen LogP contribution in [0, 0.1) is 0 Å². The van der Waals surface area contributed by atoms with Crippen molar-refractivity contribution in [2.24, 2.45) is 0 Å². The molecule has 1 saturated heterocycles. The largest absolute Gasteiger partial charge is 0.465 e. The topological polar surface area (TPSA) is 71.1 Å². The van der Waals surface area contributed by atoms with Gasteiger partial charge in [0.25, 0.3) is 0 Å². The molecule has 0 aliphatic carbocycles. The summed E-state index contributed by atoms with van der Waals surface area (Å²) in [7, 11) is 1.38. The van der Waals surface area contributed by atoms with Gasteiger partial charge < -0.3 is 4.74 Å². The Balaban J connectivity index is 1.63. The summed E-state index contributed by atoms with van der Waals surface area (Å²) in [5, 5.41) is 7.55. The summed E-state index contributed by atoms with van der Waals surface area (Å²) in [6.07, 6.45) is 3.62. The molecule has 3 rings (SSSR count). The monoisotopic (exact) mass is 334 g/mol. The number of nitrogens with zero attached hydrogens (tertiary/aromatic N) is 3. The van der Waals surface area contributed by atoms with E-state index in [2.05, 4.69) is 20.1 Å². The molecule has 2 heterocycles. The Morgan fingerprint density at radius 2 is 2.22 bits per heavy atom. The van der Waals surface area contributed by atoms with Gasteiger partial charge in [-0.15, -0.1) is 0 Å². The minimum atomic E-state index is -0.341. The van der Waals surface area contributed by atoms with Crippen molar-refractivity contribution in [3.05, 3.63) is 46.5 Å². The number of carbonyl (C=O) groups excluding carboxylic acids is 1. The van der Waals surface area contributed by atoms with Crippen molar-refractivity contribution in [3.8, 4) is 0 Å². The van der Waals surface area contributed by atoms with Crippen molar-refractivity contribution < 1.29 is 9.53 Å². The maximum atomic E-state index is 11.6. The summed E-state index contributed by atoms with van der Waals surface area (Å²) in [4.78, 5) is 18.2. The summed E-state index contributed by atoms with van der Waals surface area (Å²) in [5.41, 5.74) is 1.48. The van der Waals surface area contributed by atoms with Gasteiger partial charge in [-0.2, -0.15) is 5.10 Å². The van der Waals surface area contributed by atoms with E-state index in [0.29, 0.717) is 16.5 Å². The Morgan fingerprint density at radius 1 is 1.43 bits per heavy atom. The molecule has 1 aromatic heterocycles. The van der Waals surface area contributed by atoms with E-state index < -0.39 is 0 Å². The average Bonchev–Trinajstić information content (AvgIpc) is 3.11. The third-order valence-corrected chi connectivity index (χ3v) is 4.64. The Hall–Kier alpha value is -1.92. The highest BCUT2D eigenvalue weighted by molar-refractivity contribution is 6.31.